The van der Waals surface area contributed by atoms with Crippen LogP contribution in [-0.4, -0.2) is 24.0 Å². The van der Waals surface area contributed by atoms with E-state index < -0.39 is 10.1 Å². The van der Waals surface area contributed by atoms with Crippen LogP contribution in [0.5, 0.6) is 5.88 Å². The fraction of sp³-hybridized carbons (Fsp3) is 0.167. The van der Waals surface area contributed by atoms with Gasteiger partial charge in [-0.25, -0.2) is 4.39 Å². The molecule has 0 fully saturated rings. The van der Waals surface area contributed by atoms with E-state index in [1.54, 1.807) is 0 Å². The van der Waals surface area contributed by atoms with E-state index in [-0.39, 0.29) is 23.4 Å². The predicted molar refractivity (Wildman–Crippen MR) is 91.0 cm³/mol. The topological polar surface area (TPSA) is 61.2 Å². The maximum atomic E-state index is 13.2. The van der Waals surface area contributed by atoms with Crippen LogP contribution in [0.1, 0.15) is 22.7 Å². The number of rotatable bonds is 2. The van der Waals surface area contributed by atoms with Crippen molar-refractivity contribution in [1.82, 2.24) is 9.78 Å². The van der Waals surface area contributed by atoms with Crippen molar-refractivity contribution in [3.05, 3.63) is 77.2 Å². The molecule has 128 valence electrons. The van der Waals surface area contributed by atoms with Gasteiger partial charge in [0.1, 0.15) is 5.82 Å². The maximum Gasteiger partial charge on any atom is 0.311 e. The van der Waals surface area contributed by atoms with Gasteiger partial charge in [-0.15, -0.1) is 0 Å². The Morgan fingerprint density at radius 1 is 1.12 bits per heavy atom. The quantitative estimate of drug-likeness (QED) is 0.660. The zero-order valence-electron chi connectivity index (χ0n) is 13.4. The summed E-state index contributed by atoms with van der Waals surface area (Å²) in [6, 6.07) is 15.1. The molecule has 3 aromatic rings. The number of benzene rings is 2. The molecule has 4 rings (SSSR count). The minimum Gasteiger partial charge on any atom is -0.361 e. The van der Waals surface area contributed by atoms with Crippen LogP contribution in [-0.2, 0) is 10.1 Å². The predicted octanol–water partition coefficient (Wildman–Crippen LogP) is 3.17. The smallest absolute Gasteiger partial charge is 0.311 e. The fourth-order valence-electron chi connectivity index (χ4n) is 3.15. The van der Waals surface area contributed by atoms with Gasteiger partial charge in [-0.1, -0.05) is 30.3 Å². The van der Waals surface area contributed by atoms with Gasteiger partial charge in [0, 0.05) is 11.5 Å². The SMILES string of the molecule is Cc1nn(-c2ccc(F)cc2)c2c1C(c1ccccc1)CS(=O)(=O)O2. The molecule has 5 nitrogen and oxygen atoms in total. The lowest BCUT2D eigenvalue weighted by Crippen LogP contribution is -2.27. The molecule has 2 aromatic carbocycles. The van der Waals surface area contributed by atoms with E-state index >= 15 is 0 Å². The Morgan fingerprint density at radius 2 is 1.80 bits per heavy atom. The van der Waals surface area contributed by atoms with Crippen LogP contribution in [0.15, 0.2) is 54.6 Å². The third-order valence-corrected chi connectivity index (χ3v) is 5.41. The fourth-order valence-corrected chi connectivity index (χ4v) is 4.38. The van der Waals surface area contributed by atoms with Gasteiger partial charge < -0.3 is 4.18 Å². The first-order valence-corrected chi connectivity index (χ1v) is 9.35. The Balaban J connectivity index is 1.92. The van der Waals surface area contributed by atoms with Crippen molar-refractivity contribution in [2.75, 3.05) is 5.75 Å². The second-order valence-corrected chi connectivity index (χ2v) is 7.58. The van der Waals surface area contributed by atoms with E-state index in [0.717, 1.165) is 11.1 Å². The molecule has 25 heavy (non-hydrogen) atoms. The minimum atomic E-state index is -3.75. The average molecular weight is 358 g/mol. The molecule has 0 spiro atoms. The molecule has 0 aliphatic carbocycles. The number of hydrogen-bond donors (Lipinski definition) is 0. The van der Waals surface area contributed by atoms with Crippen LogP contribution in [0.25, 0.3) is 5.69 Å². The van der Waals surface area contributed by atoms with Gasteiger partial charge in [0.25, 0.3) is 0 Å². The zero-order chi connectivity index (χ0) is 17.6. The van der Waals surface area contributed by atoms with E-state index in [2.05, 4.69) is 5.10 Å². The Hall–Kier alpha value is -2.67. The molecule has 0 radical (unpaired) electrons. The largest absolute Gasteiger partial charge is 0.361 e. The maximum absolute atomic E-state index is 13.2. The molecule has 1 unspecified atom stereocenters. The highest BCUT2D eigenvalue weighted by atomic mass is 32.2. The van der Waals surface area contributed by atoms with Gasteiger partial charge in [-0.2, -0.15) is 18.2 Å². The number of halogens is 1. The number of aryl methyl sites for hydroxylation is 1. The number of hydrogen-bond acceptors (Lipinski definition) is 4. The van der Waals surface area contributed by atoms with E-state index in [9.17, 15) is 12.8 Å². The molecule has 0 saturated carbocycles. The Morgan fingerprint density at radius 3 is 2.48 bits per heavy atom. The average Bonchev–Trinajstić information content (AvgIpc) is 2.91. The lowest BCUT2D eigenvalue weighted by molar-refractivity contribution is 0.446. The number of aromatic nitrogens is 2. The summed E-state index contributed by atoms with van der Waals surface area (Å²) in [5.74, 6) is -0.703. The van der Waals surface area contributed by atoms with Crippen molar-refractivity contribution in [2.45, 2.75) is 12.8 Å². The summed E-state index contributed by atoms with van der Waals surface area (Å²) in [5.41, 5.74) is 2.85. The molecule has 0 saturated heterocycles. The van der Waals surface area contributed by atoms with Crippen molar-refractivity contribution in [3.63, 3.8) is 0 Å². The number of nitrogens with zero attached hydrogens (tertiary/aromatic N) is 2. The summed E-state index contributed by atoms with van der Waals surface area (Å²) < 4.78 is 44.5. The molecule has 1 aliphatic rings. The lowest BCUT2D eigenvalue weighted by atomic mass is 9.93. The summed E-state index contributed by atoms with van der Waals surface area (Å²) in [6.45, 7) is 1.82. The minimum absolute atomic E-state index is 0.139. The highest BCUT2D eigenvalue weighted by Gasteiger charge is 2.37. The molecule has 2 heterocycles. The van der Waals surface area contributed by atoms with Crippen molar-refractivity contribution < 1.29 is 17.0 Å². The van der Waals surface area contributed by atoms with Gasteiger partial charge >= 0.3 is 10.1 Å². The highest BCUT2D eigenvalue weighted by Crippen LogP contribution is 2.41. The van der Waals surface area contributed by atoms with E-state index in [1.165, 1.54) is 28.9 Å². The Kier molecular flexibility index (Phi) is 3.61. The summed E-state index contributed by atoms with van der Waals surface area (Å²) in [7, 11) is -3.75. The molecule has 1 aromatic heterocycles. The zero-order valence-corrected chi connectivity index (χ0v) is 14.2. The van der Waals surface area contributed by atoms with Crippen LogP contribution in [0.4, 0.5) is 4.39 Å². The second-order valence-electron chi connectivity index (χ2n) is 5.96. The molecule has 1 aliphatic heterocycles. The Bertz CT molecular complexity index is 1030. The normalized spacial score (nSPS) is 18.4. The van der Waals surface area contributed by atoms with Crippen LogP contribution in [0.2, 0.25) is 0 Å². The van der Waals surface area contributed by atoms with Gasteiger partial charge in [0.15, 0.2) is 0 Å². The van der Waals surface area contributed by atoms with Crippen molar-refractivity contribution in [2.24, 2.45) is 0 Å². The first kappa shape index (κ1) is 15.8. The van der Waals surface area contributed by atoms with Crippen LogP contribution in [0.3, 0.4) is 0 Å². The van der Waals surface area contributed by atoms with Crippen molar-refractivity contribution in [1.29, 1.82) is 0 Å². The van der Waals surface area contributed by atoms with Gasteiger partial charge in [-0.05, 0) is 36.8 Å². The summed E-state index contributed by atoms with van der Waals surface area (Å²) >= 11 is 0. The lowest BCUT2D eigenvalue weighted by Gasteiger charge is -2.24. The van der Waals surface area contributed by atoms with E-state index in [4.69, 9.17) is 4.18 Å². The van der Waals surface area contributed by atoms with Gasteiger partial charge in [0.2, 0.25) is 5.88 Å². The van der Waals surface area contributed by atoms with E-state index in [1.807, 2.05) is 37.3 Å². The molecule has 1 atom stereocenters. The summed E-state index contributed by atoms with van der Waals surface area (Å²) in [4.78, 5) is 0. The second kappa shape index (κ2) is 5.70. The summed E-state index contributed by atoms with van der Waals surface area (Å²) in [5, 5.41) is 4.44. The first-order valence-electron chi connectivity index (χ1n) is 7.77. The molecule has 0 amide bonds. The van der Waals surface area contributed by atoms with E-state index in [0.29, 0.717) is 11.4 Å². The molecular weight excluding hydrogens is 343 g/mol. The molecule has 7 heteroatoms. The summed E-state index contributed by atoms with van der Waals surface area (Å²) in [6.07, 6.45) is 0. The molecule has 0 N–H and O–H groups in total. The van der Waals surface area contributed by atoms with Crippen LogP contribution >= 0.6 is 0 Å². The first-order chi connectivity index (χ1) is 11.9. The molecular formula is C18H15FN2O3S. The standard InChI is InChI=1S/C18H15FN2O3S/c1-12-17-16(13-5-3-2-4-6-13)11-25(22,23)24-18(17)21(20-12)15-9-7-14(19)8-10-15/h2-10,16H,11H2,1H3. The third kappa shape index (κ3) is 2.80. The van der Waals surface area contributed by atoms with Gasteiger partial charge in [0.05, 0.1) is 17.1 Å². The van der Waals surface area contributed by atoms with Crippen molar-refractivity contribution >= 4 is 10.1 Å². The highest BCUT2D eigenvalue weighted by molar-refractivity contribution is 7.87. The number of fused-ring (bicyclic) bond motifs is 1. The van der Waals surface area contributed by atoms with Crippen LogP contribution in [0, 0.1) is 12.7 Å². The van der Waals surface area contributed by atoms with Crippen LogP contribution < -0.4 is 4.18 Å². The molecule has 0 bridgehead atoms. The van der Waals surface area contributed by atoms with Crippen molar-refractivity contribution in [3.8, 4) is 11.6 Å². The third-order valence-electron chi connectivity index (χ3n) is 4.26. The monoisotopic (exact) mass is 358 g/mol. The van der Waals surface area contributed by atoms with Gasteiger partial charge in [-0.3, -0.25) is 0 Å². The Labute approximate surface area is 144 Å².